The first-order chi connectivity index (χ1) is 10.4. The van der Waals surface area contributed by atoms with E-state index in [1.54, 1.807) is 11.0 Å². The average Bonchev–Trinajstić information content (AvgIpc) is 2.97. The van der Waals surface area contributed by atoms with E-state index in [-0.39, 0.29) is 24.6 Å². The van der Waals surface area contributed by atoms with Crippen LogP contribution in [0.5, 0.6) is 0 Å². The Balaban J connectivity index is 2.00. The molecule has 1 saturated heterocycles. The summed E-state index contributed by atoms with van der Waals surface area (Å²) in [5.74, 6) is -0.543. The lowest BCUT2D eigenvalue weighted by Gasteiger charge is -2.23. The molecule has 7 heteroatoms. The molecular formula is C15H21FN2O3S. The first-order valence-electron chi connectivity index (χ1n) is 7.39. The van der Waals surface area contributed by atoms with Crippen molar-refractivity contribution < 1.29 is 17.6 Å². The predicted molar refractivity (Wildman–Crippen MR) is 83.6 cm³/mol. The van der Waals surface area contributed by atoms with Crippen molar-refractivity contribution in [1.82, 2.24) is 4.90 Å². The molecule has 0 atom stereocenters. The highest BCUT2D eigenvalue weighted by Gasteiger charge is 2.22. The van der Waals surface area contributed by atoms with Gasteiger partial charge in [0.2, 0.25) is 15.9 Å². The van der Waals surface area contributed by atoms with Gasteiger partial charge in [0.05, 0.1) is 11.9 Å². The highest BCUT2D eigenvalue weighted by Crippen LogP contribution is 2.22. The number of halogens is 1. The largest absolute Gasteiger partial charge is 0.343 e. The van der Waals surface area contributed by atoms with Gasteiger partial charge < -0.3 is 4.90 Å². The molecule has 1 aliphatic heterocycles. The summed E-state index contributed by atoms with van der Waals surface area (Å²) < 4.78 is 38.6. The number of amides is 1. The van der Waals surface area contributed by atoms with Crippen LogP contribution in [0, 0.1) is 5.82 Å². The van der Waals surface area contributed by atoms with E-state index in [9.17, 15) is 17.6 Å². The minimum atomic E-state index is -3.59. The molecule has 0 unspecified atom stereocenters. The molecule has 1 heterocycles. The Morgan fingerprint density at radius 1 is 1.27 bits per heavy atom. The van der Waals surface area contributed by atoms with Crippen molar-refractivity contribution in [3.63, 3.8) is 0 Å². The quantitative estimate of drug-likeness (QED) is 0.802. The van der Waals surface area contributed by atoms with E-state index in [0.717, 1.165) is 36.5 Å². The number of likely N-dealkylation sites (tertiary alicyclic amines) is 1. The summed E-state index contributed by atoms with van der Waals surface area (Å²) in [6.07, 6.45) is 3.74. The molecule has 1 amide bonds. The fraction of sp³-hybridized carbons (Fsp3) is 0.533. The molecule has 1 aromatic rings. The Hall–Kier alpha value is -1.63. The van der Waals surface area contributed by atoms with Crippen LogP contribution < -0.4 is 4.31 Å². The summed E-state index contributed by atoms with van der Waals surface area (Å²) in [4.78, 5) is 13.8. The van der Waals surface area contributed by atoms with Gasteiger partial charge in [0.25, 0.3) is 0 Å². The van der Waals surface area contributed by atoms with Crippen LogP contribution in [-0.2, 0) is 14.8 Å². The van der Waals surface area contributed by atoms with Crippen LogP contribution >= 0.6 is 0 Å². The third-order valence-corrected chi connectivity index (χ3v) is 4.91. The summed E-state index contributed by atoms with van der Waals surface area (Å²) in [7, 11) is -3.59. The number of carbonyl (C=O) groups is 1. The molecule has 0 bridgehead atoms. The van der Waals surface area contributed by atoms with E-state index in [1.165, 1.54) is 18.2 Å². The smallest absolute Gasteiger partial charge is 0.232 e. The SMILES string of the molecule is CS(=O)(=O)N(CCCC(=O)N1CCCC1)c1ccccc1F. The Morgan fingerprint density at radius 3 is 2.50 bits per heavy atom. The zero-order chi connectivity index (χ0) is 16.2. The Bertz CT molecular complexity index is 627. The Labute approximate surface area is 130 Å². The van der Waals surface area contributed by atoms with Crippen molar-refractivity contribution in [3.8, 4) is 0 Å². The zero-order valence-corrected chi connectivity index (χ0v) is 13.5. The van der Waals surface area contributed by atoms with Gasteiger partial charge in [0.1, 0.15) is 5.82 Å². The fourth-order valence-corrected chi connectivity index (χ4v) is 3.58. The van der Waals surface area contributed by atoms with E-state index in [0.29, 0.717) is 6.42 Å². The molecule has 2 rings (SSSR count). The Kier molecular flexibility index (Phi) is 5.39. The molecule has 0 aromatic heterocycles. The van der Waals surface area contributed by atoms with Crippen molar-refractivity contribution in [2.45, 2.75) is 25.7 Å². The van der Waals surface area contributed by atoms with Crippen molar-refractivity contribution in [1.29, 1.82) is 0 Å². The van der Waals surface area contributed by atoms with Gasteiger partial charge in [-0.05, 0) is 31.4 Å². The number of rotatable bonds is 6. The average molecular weight is 328 g/mol. The summed E-state index contributed by atoms with van der Waals surface area (Å²) in [6.45, 7) is 1.66. The molecule has 0 N–H and O–H groups in total. The van der Waals surface area contributed by atoms with E-state index in [4.69, 9.17) is 0 Å². The van der Waals surface area contributed by atoms with Crippen molar-refractivity contribution in [2.24, 2.45) is 0 Å². The monoisotopic (exact) mass is 328 g/mol. The van der Waals surface area contributed by atoms with E-state index in [1.807, 2.05) is 0 Å². The molecule has 0 spiro atoms. The number of hydrogen-bond donors (Lipinski definition) is 0. The first kappa shape index (κ1) is 16.7. The molecule has 0 radical (unpaired) electrons. The van der Waals surface area contributed by atoms with Crippen LogP contribution in [0.2, 0.25) is 0 Å². The molecule has 1 aromatic carbocycles. The number of carbonyl (C=O) groups excluding carboxylic acids is 1. The molecule has 0 saturated carbocycles. The summed E-state index contributed by atoms with van der Waals surface area (Å²) in [5, 5.41) is 0. The topological polar surface area (TPSA) is 57.7 Å². The number of anilines is 1. The molecule has 1 fully saturated rings. The number of nitrogens with zero attached hydrogens (tertiary/aromatic N) is 2. The van der Waals surface area contributed by atoms with Gasteiger partial charge in [-0.1, -0.05) is 12.1 Å². The van der Waals surface area contributed by atoms with Gasteiger partial charge in [0, 0.05) is 26.1 Å². The van der Waals surface area contributed by atoms with E-state index < -0.39 is 15.8 Å². The lowest BCUT2D eigenvalue weighted by molar-refractivity contribution is -0.130. The van der Waals surface area contributed by atoms with Gasteiger partial charge in [-0.15, -0.1) is 0 Å². The van der Waals surface area contributed by atoms with Crippen molar-refractivity contribution in [3.05, 3.63) is 30.1 Å². The minimum Gasteiger partial charge on any atom is -0.343 e. The second-order valence-corrected chi connectivity index (χ2v) is 7.38. The summed E-state index contributed by atoms with van der Waals surface area (Å²) in [6, 6.07) is 5.75. The maximum absolute atomic E-state index is 13.8. The number of para-hydroxylation sites is 1. The maximum Gasteiger partial charge on any atom is 0.232 e. The molecule has 0 aliphatic carbocycles. The fourth-order valence-electron chi connectivity index (χ4n) is 2.62. The third kappa shape index (κ3) is 4.19. The van der Waals surface area contributed by atoms with Crippen molar-refractivity contribution >= 4 is 21.6 Å². The van der Waals surface area contributed by atoms with Gasteiger partial charge in [-0.3, -0.25) is 9.10 Å². The van der Waals surface area contributed by atoms with Crippen molar-refractivity contribution in [2.75, 3.05) is 30.2 Å². The van der Waals surface area contributed by atoms with Gasteiger partial charge in [-0.25, -0.2) is 12.8 Å². The second kappa shape index (κ2) is 7.09. The van der Waals surface area contributed by atoms with Gasteiger partial charge in [-0.2, -0.15) is 0 Å². The summed E-state index contributed by atoms with van der Waals surface area (Å²) >= 11 is 0. The third-order valence-electron chi connectivity index (χ3n) is 3.73. The zero-order valence-electron chi connectivity index (χ0n) is 12.7. The van der Waals surface area contributed by atoms with Crippen LogP contribution in [0.4, 0.5) is 10.1 Å². The van der Waals surface area contributed by atoms with Crippen LogP contribution in [0.15, 0.2) is 24.3 Å². The van der Waals surface area contributed by atoms with Crippen LogP contribution in [0.25, 0.3) is 0 Å². The second-order valence-electron chi connectivity index (χ2n) is 5.48. The summed E-state index contributed by atoms with van der Waals surface area (Å²) in [5.41, 5.74) is 0.0265. The normalized spacial score (nSPS) is 15.1. The van der Waals surface area contributed by atoms with Crippen LogP contribution in [0.1, 0.15) is 25.7 Å². The van der Waals surface area contributed by atoms with Gasteiger partial charge >= 0.3 is 0 Å². The Morgan fingerprint density at radius 2 is 1.91 bits per heavy atom. The molecular weight excluding hydrogens is 307 g/mol. The highest BCUT2D eigenvalue weighted by molar-refractivity contribution is 7.92. The lowest BCUT2D eigenvalue weighted by atomic mass is 10.2. The standard InChI is InChI=1S/C15H21FN2O3S/c1-22(20,21)18(14-8-3-2-7-13(14)16)12-6-9-15(19)17-10-4-5-11-17/h2-3,7-8H,4-6,9-12H2,1H3. The van der Waals surface area contributed by atoms with Crippen LogP contribution in [0.3, 0.4) is 0 Å². The lowest BCUT2D eigenvalue weighted by Crippen LogP contribution is -2.33. The number of benzene rings is 1. The molecule has 22 heavy (non-hydrogen) atoms. The van der Waals surface area contributed by atoms with E-state index in [2.05, 4.69) is 0 Å². The highest BCUT2D eigenvalue weighted by atomic mass is 32.2. The van der Waals surface area contributed by atoms with Crippen LogP contribution in [-0.4, -0.2) is 45.1 Å². The molecule has 1 aliphatic rings. The molecule has 122 valence electrons. The molecule has 5 nitrogen and oxygen atoms in total. The number of hydrogen-bond acceptors (Lipinski definition) is 3. The van der Waals surface area contributed by atoms with E-state index >= 15 is 0 Å². The maximum atomic E-state index is 13.8. The predicted octanol–water partition coefficient (Wildman–Crippen LogP) is 1.99. The van der Waals surface area contributed by atoms with Gasteiger partial charge in [0.15, 0.2) is 0 Å². The number of sulfonamides is 1. The minimum absolute atomic E-state index is 0.0265. The first-order valence-corrected chi connectivity index (χ1v) is 9.24.